The molecular formula is C39H44N8O6. The molecule has 2 aromatic carbocycles. The van der Waals surface area contributed by atoms with Gasteiger partial charge in [0.25, 0.3) is 0 Å². The maximum Gasteiger partial charge on any atom is 0.407 e. The Balaban J connectivity index is 0.938. The van der Waals surface area contributed by atoms with E-state index in [1.54, 1.807) is 0 Å². The molecule has 14 nitrogen and oxygen atoms in total. The normalized spacial score (nSPS) is 24.3. The van der Waals surface area contributed by atoms with Crippen LogP contribution in [0.5, 0.6) is 0 Å². The van der Waals surface area contributed by atoms with E-state index in [0.29, 0.717) is 11.8 Å². The summed E-state index contributed by atoms with van der Waals surface area (Å²) < 4.78 is 9.29. The van der Waals surface area contributed by atoms with E-state index in [4.69, 9.17) is 9.97 Å². The molecule has 0 unspecified atom stereocenters. The second kappa shape index (κ2) is 14.4. The topological polar surface area (TPSA) is 175 Å². The van der Waals surface area contributed by atoms with Gasteiger partial charge in [0.05, 0.1) is 50.1 Å². The molecule has 6 atom stereocenters. The Morgan fingerprint density at radius 1 is 0.642 bits per heavy atom. The standard InChI is InChI=1S/C39H44N8O6/c1-52-38(50)42-20-32(48)46-28-5-3-4-26(16-28)34(46)36-40-18-30(44-36)24-10-6-22(7-11-24)23-8-12-25(13-9-23)31-19-41-37(45-31)35-27-14-15-29(17-27)47(35)33(49)21-43-39(51)53-2/h6-13,18-19,26-29,34-35H,3-5,14-17,20-21H2,1-2H3,(H,40,44)(H,41,45)(H,42,50)(H,43,51)/t26-,27-,28+,29+,34-,35-/m0/s1. The Bertz CT molecular complexity index is 1990. The van der Waals surface area contributed by atoms with Crippen molar-refractivity contribution in [3.63, 3.8) is 0 Å². The van der Waals surface area contributed by atoms with Crippen molar-refractivity contribution in [3.05, 3.63) is 72.6 Å². The number of amides is 4. The van der Waals surface area contributed by atoms with E-state index in [1.165, 1.54) is 14.2 Å². The maximum atomic E-state index is 13.3. The van der Waals surface area contributed by atoms with Crippen LogP contribution < -0.4 is 10.6 Å². The van der Waals surface area contributed by atoms with E-state index in [0.717, 1.165) is 90.2 Å². The van der Waals surface area contributed by atoms with Gasteiger partial charge in [-0.15, -0.1) is 0 Å². The highest BCUT2D eigenvalue weighted by molar-refractivity contribution is 5.84. The van der Waals surface area contributed by atoms with Crippen LogP contribution in [0.4, 0.5) is 9.59 Å². The minimum atomic E-state index is -0.622. The summed E-state index contributed by atoms with van der Waals surface area (Å²) in [6, 6.07) is 16.6. The van der Waals surface area contributed by atoms with Gasteiger partial charge in [0, 0.05) is 12.1 Å². The zero-order valence-corrected chi connectivity index (χ0v) is 29.8. The summed E-state index contributed by atoms with van der Waals surface area (Å²) in [6.07, 6.45) is 9.38. The number of hydrogen-bond acceptors (Lipinski definition) is 8. The van der Waals surface area contributed by atoms with Crippen LogP contribution in [0.2, 0.25) is 0 Å². The minimum absolute atomic E-state index is 0.105. The van der Waals surface area contributed by atoms with Crippen molar-refractivity contribution >= 4 is 24.0 Å². The number of nitrogens with zero attached hydrogens (tertiary/aromatic N) is 4. The molecule has 14 heteroatoms. The Kier molecular flexibility index (Phi) is 9.35. The molecule has 0 radical (unpaired) electrons. The lowest BCUT2D eigenvalue weighted by atomic mass is 9.87. The highest BCUT2D eigenvalue weighted by Crippen LogP contribution is 2.50. The van der Waals surface area contributed by atoms with Gasteiger partial charge in [-0.2, -0.15) is 0 Å². The second-order valence-corrected chi connectivity index (χ2v) is 14.5. The number of aromatic nitrogens is 4. The van der Waals surface area contributed by atoms with Gasteiger partial charge in [-0.3, -0.25) is 9.59 Å². The summed E-state index contributed by atoms with van der Waals surface area (Å²) in [7, 11) is 2.57. The fourth-order valence-corrected chi connectivity index (χ4v) is 9.18. The van der Waals surface area contributed by atoms with Crippen LogP contribution in [0.1, 0.15) is 68.7 Å². The first-order chi connectivity index (χ1) is 25.8. The first-order valence-corrected chi connectivity index (χ1v) is 18.4. The number of piperidine rings is 1. The molecule has 4 fully saturated rings. The van der Waals surface area contributed by atoms with Gasteiger partial charge in [-0.1, -0.05) is 55.0 Å². The Hall–Kier alpha value is -5.66. The lowest BCUT2D eigenvalue weighted by Gasteiger charge is -2.34. The molecule has 0 spiro atoms. The third-order valence-electron chi connectivity index (χ3n) is 11.6. The van der Waals surface area contributed by atoms with Gasteiger partial charge in [0.1, 0.15) is 24.7 Å². The van der Waals surface area contributed by atoms with Gasteiger partial charge < -0.3 is 39.9 Å². The first kappa shape index (κ1) is 34.4. The number of alkyl carbamates (subject to hydrolysis) is 2. The number of ether oxygens (including phenoxy) is 2. The van der Waals surface area contributed by atoms with Crippen LogP contribution in [-0.4, -0.2) is 93.1 Å². The molecule has 4 heterocycles. The lowest BCUT2D eigenvalue weighted by molar-refractivity contribution is -0.135. The zero-order chi connectivity index (χ0) is 36.6. The highest BCUT2D eigenvalue weighted by atomic mass is 16.5. The summed E-state index contributed by atoms with van der Waals surface area (Å²) in [5.41, 5.74) is 5.89. The Morgan fingerprint density at radius 2 is 1.08 bits per heavy atom. The lowest BCUT2D eigenvalue weighted by Crippen LogP contribution is -2.45. The van der Waals surface area contributed by atoms with Crippen molar-refractivity contribution < 1.29 is 28.7 Å². The van der Waals surface area contributed by atoms with Crippen molar-refractivity contribution in [1.29, 1.82) is 0 Å². The molecule has 4 bridgehead atoms. The molecule has 53 heavy (non-hydrogen) atoms. The molecule has 4 amide bonds. The number of aromatic amines is 2. The van der Waals surface area contributed by atoms with Crippen LogP contribution in [0, 0.1) is 11.8 Å². The third kappa shape index (κ3) is 6.62. The predicted octanol–water partition coefficient (Wildman–Crippen LogP) is 5.34. The van der Waals surface area contributed by atoms with E-state index < -0.39 is 12.2 Å². The minimum Gasteiger partial charge on any atom is -0.453 e. The number of carbonyl (C=O) groups excluding carboxylic acids is 4. The van der Waals surface area contributed by atoms with Crippen LogP contribution in [0.15, 0.2) is 60.9 Å². The second-order valence-electron chi connectivity index (χ2n) is 14.5. The number of methoxy groups -OCH3 is 2. The molecule has 276 valence electrons. The highest BCUT2D eigenvalue weighted by Gasteiger charge is 2.50. The fourth-order valence-electron chi connectivity index (χ4n) is 9.18. The van der Waals surface area contributed by atoms with Crippen LogP contribution in [-0.2, 0) is 19.1 Å². The van der Waals surface area contributed by atoms with Gasteiger partial charge in [0.2, 0.25) is 11.8 Å². The summed E-state index contributed by atoms with van der Waals surface area (Å²) in [6.45, 7) is -0.209. The van der Waals surface area contributed by atoms with E-state index in [9.17, 15) is 19.2 Å². The SMILES string of the molecule is COC(=O)NCC(=O)N1[C@@H]2CCC[C@@H](C2)[C@H]1c1ncc(-c2ccc(-c3ccc(-c4cnc([C@@H]5[C@H]6CC[C@H](C6)N5C(=O)CNC(=O)OC)[nH]4)cc3)cc2)[nH]1. The third-order valence-corrected chi connectivity index (χ3v) is 11.6. The quantitative estimate of drug-likeness (QED) is 0.179. The van der Waals surface area contributed by atoms with Crippen molar-refractivity contribution in [2.24, 2.45) is 11.8 Å². The van der Waals surface area contributed by atoms with E-state index in [-0.39, 0.29) is 49.1 Å². The van der Waals surface area contributed by atoms with Crippen LogP contribution in [0.3, 0.4) is 0 Å². The fraction of sp³-hybridized carbons (Fsp3) is 0.436. The van der Waals surface area contributed by atoms with Crippen molar-refractivity contribution in [1.82, 2.24) is 40.4 Å². The number of hydrogen-bond donors (Lipinski definition) is 4. The average molecular weight is 721 g/mol. The summed E-state index contributed by atoms with van der Waals surface area (Å²) in [5.74, 6) is 1.95. The molecule has 2 saturated carbocycles. The first-order valence-electron chi connectivity index (χ1n) is 18.4. The summed E-state index contributed by atoms with van der Waals surface area (Å²) >= 11 is 0. The number of carbonyl (C=O) groups is 4. The number of H-pyrrole nitrogens is 2. The van der Waals surface area contributed by atoms with Gasteiger partial charge in [0.15, 0.2) is 0 Å². The molecule has 4 aromatic rings. The van der Waals surface area contributed by atoms with Gasteiger partial charge in [-0.25, -0.2) is 19.6 Å². The predicted molar refractivity (Wildman–Crippen MR) is 194 cm³/mol. The number of benzene rings is 2. The molecule has 2 aromatic heterocycles. The summed E-state index contributed by atoms with van der Waals surface area (Å²) in [5, 5.41) is 5.06. The van der Waals surface area contributed by atoms with Crippen molar-refractivity contribution in [2.45, 2.75) is 69.1 Å². The van der Waals surface area contributed by atoms with Gasteiger partial charge in [-0.05, 0) is 72.6 Å². The Morgan fingerprint density at radius 3 is 1.55 bits per heavy atom. The van der Waals surface area contributed by atoms with E-state index in [1.807, 2.05) is 22.2 Å². The summed E-state index contributed by atoms with van der Waals surface area (Å²) in [4.78, 5) is 69.9. The van der Waals surface area contributed by atoms with Crippen molar-refractivity contribution in [3.8, 4) is 33.6 Å². The number of likely N-dealkylation sites (tertiary alicyclic amines) is 2. The molecule has 4 aliphatic rings. The molecule has 2 saturated heterocycles. The Labute approximate surface area is 307 Å². The molecule has 2 aliphatic carbocycles. The van der Waals surface area contributed by atoms with Crippen LogP contribution >= 0.6 is 0 Å². The molecule has 4 N–H and O–H groups in total. The molecule has 8 rings (SSSR count). The van der Waals surface area contributed by atoms with E-state index >= 15 is 0 Å². The average Bonchev–Trinajstić information content (AvgIpc) is 4.05. The number of fused-ring (bicyclic) bond motifs is 4. The molecule has 2 aliphatic heterocycles. The molecular weight excluding hydrogens is 676 g/mol. The van der Waals surface area contributed by atoms with E-state index in [2.05, 4.69) is 78.6 Å². The number of imidazole rings is 2. The largest absolute Gasteiger partial charge is 0.453 e. The number of nitrogens with one attached hydrogen (secondary N) is 4. The smallest absolute Gasteiger partial charge is 0.407 e. The monoisotopic (exact) mass is 720 g/mol. The van der Waals surface area contributed by atoms with Gasteiger partial charge >= 0.3 is 12.2 Å². The maximum absolute atomic E-state index is 13.3. The van der Waals surface area contributed by atoms with Crippen molar-refractivity contribution in [2.75, 3.05) is 27.3 Å². The zero-order valence-electron chi connectivity index (χ0n) is 29.8. The number of rotatable bonds is 9. The van der Waals surface area contributed by atoms with Crippen LogP contribution in [0.25, 0.3) is 33.6 Å².